The molecule has 3 rings (SSSR count). The first-order valence-corrected chi connectivity index (χ1v) is 5.25. The van der Waals surface area contributed by atoms with Crippen molar-refractivity contribution in [1.82, 2.24) is 9.97 Å². The summed E-state index contributed by atoms with van der Waals surface area (Å²) in [5.41, 5.74) is 0.433. The number of hydrogen-bond donors (Lipinski definition) is 1. The molecule has 1 aromatic heterocycles. The van der Waals surface area contributed by atoms with E-state index in [9.17, 15) is 4.79 Å². The molecule has 1 aliphatic rings. The molecule has 0 radical (unpaired) electrons. The topological polar surface area (TPSA) is 64.2 Å². The lowest BCUT2D eigenvalue weighted by atomic mass is 10.2. The third kappa shape index (κ3) is 1.75. The van der Waals surface area contributed by atoms with Gasteiger partial charge in [-0.25, -0.2) is 4.98 Å². The average Bonchev–Trinajstić information content (AvgIpc) is 2.87. The van der Waals surface area contributed by atoms with E-state index in [0.717, 1.165) is 5.75 Å². The van der Waals surface area contributed by atoms with Gasteiger partial charge in [-0.2, -0.15) is 0 Å². The minimum Gasteiger partial charge on any atom is -0.485 e. The second-order valence-electron chi connectivity index (χ2n) is 3.71. The first-order chi connectivity index (χ1) is 8.36. The highest BCUT2D eigenvalue weighted by Gasteiger charge is 2.24. The van der Waals surface area contributed by atoms with Gasteiger partial charge in [0.2, 0.25) is 0 Å². The highest BCUT2D eigenvalue weighted by Crippen LogP contribution is 2.34. The predicted octanol–water partition coefficient (Wildman–Crippen LogP) is 1.73. The van der Waals surface area contributed by atoms with Gasteiger partial charge in [0, 0.05) is 0 Å². The molecular formula is C12H10N2O3. The highest BCUT2D eigenvalue weighted by atomic mass is 16.6. The van der Waals surface area contributed by atoms with Crippen LogP contribution < -0.4 is 9.47 Å². The fraction of sp³-hybridized carbons (Fsp3) is 0.167. The number of aromatic amines is 1. The molecule has 1 aliphatic heterocycles. The van der Waals surface area contributed by atoms with Crippen LogP contribution in [0.2, 0.25) is 0 Å². The number of carbonyl (C=O) groups is 1. The molecule has 0 saturated heterocycles. The number of nitrogens with zero attached hydrogens (tertiary/aromatic N) is 1. The molecule has 2 heterocycles. The van der Waals surface area contributed by atoms with E-state index >= 15 is 0 Å². The van der Waals surface area contributed by atoms with Crippen LogP contribution in [0.3, 0.4) is 0 Å². The lowest BCUT2D eigenvalue weighted by Crippen LogP contribution is -2.22. The summed E-state index contributed by atoms with van der Waals surface area (Å²) in [5, 5.41) is 0. The first kappa shape index (κ1) is 9.89. The van der Waals surface area contributed by atoms with E-state index in [0.29, 0.717) is 30.2 Å². The number of H-pyrrole nitrogens is 1. The number of ether oxygens (including phenoxy) is 2. The van der Waals surface area contributed by atoms with Gasteiger partial charge in [-0.1, -0.05) is 12.1 Å². The van der Waals surface area contributed by atoms with Gasteiger partial charge >= 0.3 is 0 Å². The number of benzene rings is 1. The Hall–Kier alpha value is -2.30. The predicted molar refractivity (Wildman–Crippen MR) is 59.3 cm³/mol. The van der Waals surface area contributed by atoms with E-state index in [1.54, 1.807) is 0 Å². The summed E-state index contributed by atoms with van der Waals surface area (Å²) in [7, 11) is 0. The number of aldehydes is 1. The van der Waals surface area contributed by atoms with Crippen molar-refractivity contribution < 1.29 is 14.3 Å². The summed E-state index contributed by atoms with van der Waals surface area (Å²) in [6, 6.07) is 7.46. The maximum atomic E-state index is 10.6. The van der Waals surface area contributed by atoms with Crippen molar-refractivity contribution in [2.75, 3.05) is 6.61 Å². The van der Waals surface area contributed by atoms with Gasteiger partial charge in [-0.15, -0.1) is 0 Å². The molecule has 86 valence electrons. The number of rotatable bonds is 2. The van der Waals surface area contributed by atoms with Crippen LogP contribution in [0.15, 0.2) is 30.5 Å². The molecule has 2 aromatic rings. The fourth-order valence-electron chi connectivity index (χ4n) is 1.73. The third-order valence-corrected chi connectivity index (χ3v) is 2.56. The maximum Gasteiger partial charge on any atom is 0.190 e. The molecule has 0 fully saturated rings. The van der Waals surface area contributed by atoms with Crippen LogP contribution in [0, 0.1) is 0 Å². The van der Waals surface area contributed by atoms with E-state index in [4.69, 9.17) is 9.47 Å². The molecule has 1 N–H and O–H groups in total. The van der Waals surface area contributed by atoms with Gasteiger partial charge in [0.05, 0.1) is 11.9 Å². The van der Waals surface area contributed by atoms with Crippen LogP contribution in [0.25, 0.3) is 0 Å². The van der Waals surface area contributed by atoms with Crippen LogP contribution in [0.4, 0.5) is 0 Å². The zero-order valence-corrected chi connectivity index (χ0v) is 8.92. The van der Waals surface area contributed by atoms with Crippen molar-refractivity contribution in [3.63, 3.8) is 0 Å². The standard InChI is InChI=1S/C12H10N2O3/c15-6-8-5-13-12(14-8)11-7-16-9-3-1-2-4-10(9)17-11/h1-6,11H,7H2,(H,13,14). The van der Waals surface area contributed by atoms with Crippen molar-refractivity contribution in [3.8, 4) is 11.5 Å². The van der Waals surface area contributed by atoms with E-state index in [1.807, 2.05) is 24.3 Å². The summed E-state index contributed by atoms with van der Waals surface area (Å²) in [6.07, 6.45) is 1.89. The molecule has 0 saturated carbocycles. The number of para-hydroxylation sites is 2. The lowest BCUT2D eigenvalue weighted by molar-refractivity contribution is 0.0855. The van der Waals surface area contributed by atoms with Crippen LogP contribution >= 0.6 is 0 Å². The van der Waals surface area contributed by atoms with Crippen molar-refractivity contribution in [3.05, 3.63) is 42.0 Å². The monoisotopic (exact) mass is 230 g/mol. The Bertz CT molecular complexity index is 550. The molecule has 5 heteroatoms. The summed E-state index contributed by atoms with van der Waals surface area (Å²) < 4.78 is 11.3. The summed E-state index contributed by atoms with van der Waals surface area (Å²) in [5.74, 6) is 2.01. The Labute approximate surface area is 97.4 Å². The van der Waals surface area contributed by atoms with E-state index in [-0.39, 0.29) is 6.10 Å². The molecule has 0 spiro atoms. The van der Waals surface area contributed by atoms with Crippen molar-refractivity contribution >= 4 is 6.29 Å². The Morgan fingerprint density at radius 3 is 2.94 bits per heavy atom. The maximum absolute atomic E-state index is 10.6. The molecule has 1 atom stereocenters. The van der Waals surface area contributed by atoms with Crippen molar-refractivity contribution in [1.29, 1.82) is 0 Å². The summed E-state index contributed by atoms with van der Waals surface area (Å²) in [6.45, 7) is 0.378. The van der Waals surface area contributed by atoms with Gasteiger partial charge in [0.1, 0.15) is 6.61 Å². The van der Waals surface area contributed by atoms with Gasteiger partial charge in [0.25, 0.3) is 0 Å². The Kier molecular flexibility index (Phi) is 2.29. The highest BCUT2D eigenvalue weighted by molar-refractivity contribution is 5.71. The van der Waals surface area contributed by atoms with E-state index in [1.165, 1.54) is 6.20 Å². The first-order valence-electron chi connectivity index (χ1n) is 5.25. The molecule has 5 nitrogen and oxygen atoms in total. The summed E-state index contributed by atoms with van der Waals surface area (Å²) >= 11 is 0. The molecule has 0 amide bonds. The second-order valence-corrected chi connectivity index (χ2v) is 3.71. The Balaban J connectivity index is 1.86. The SMILES string of the molecule is O=Cc1cnc(C2COc3ccccc3O2)[nH]1. The summed E-state index contributed by atoms with van der Waals surface area (Å²) in [4.78, 5) is 17.5. The molecule has 17 heavy (non-hydrogen) atoms. The smallest absolute Gasteiger partial charge is 0.190 e. The number of nitrogens with one attached hydrogen (secondary N) is 1. The largest absolute Gasteiger partial charge is 0.485 e. The zero-order chi connectivity index (χ0) is 11.7. The number of hydrogen-bond acceptors (Lipinski definition) is 4. The molecule has 0 bridgehead atoms. The van der Waals surface area contributed by atoms with Crippen LogP contribution in [-0.4, -0.2) is 22.9 Å². The molecule has 1 unspecified atom stereocenters. The van der Waals surface area contributed by atoms with Crippen LogP contribution in [0.1, 0.15) is 22.4 Å². The minimum atomic E-state index is -0.307. The van der Waals surface area contributed by atoms with Crippen molar-refractivity contribution in [2.24, 2.45) is 0 Å². The number of carbonyl (C=O) groups excluding carboxylic acids is 1. The Morgan fingerprint density at radius 2 is 2.18 bits per heavy atom. The second kappa shape index (κ2) is 3.93. The number of aromatic nitrogens is 2. The normalized spacial score (nSPS) is 17.8. The van der Waals surface area contributed by atoms with Gasteiger partial charge < -0.3 is 14.5 Å². The Morgan fingerprint density at radius 1 is 1.35 bits per heavy atom. The molecular weight excluding hydrogens is 220 g/mol. The number of imidazole rings is 1. The van der Waals surface area contributed by atoms with Crippen LogP contribution in [-0.2, 0) is 0 Å². The lowest BCUT2D eigenvalue weighted by Gasteiger charge is -2.24. The number of fused-ring (bicyclic) bond motifs is 1. The van der Waals surface area contributed by atoms with E-state index in [2.05, 4.69) is 9.97 Å². The molecule has 1 aromatic carbocycles. The minimum absolute atomic E-state index is 0.307. The van der Waals surface area contributed by atoms with E-state index < -0.39 is 0 Å². The average molecular weight is 230 g/mol. The van der Waals surface area contributed by atoms with Gasteiger partial charge in [-0.3, -0.25) is 4.79 Å². The fourth-order valence-corrected chi connectivity index (χ4v) is 1.73. The third-order valence-electron chi connectivity index (χ3n) is 2.56. The zero-order valence-electron chi connectivity index (χ0n) is 8.92. The van der Waals surface area contributed by atoms with Crippen LogP contribution in [0.5, 0.6) is 11.5 Å². The van der Waals surface area contributed by atoms with Gasteiger partial charge in [0.15, 0.2) is 29.7 Å². The quantitative estimate of drug-likeness (QED) is 0.798. The molecule has 0 aliphatic carbocycles. The van der Waals surface area contributed by atoms with Gasteiger partial charge in [-0.05, 0) is 12.1 Å². The van der Waals surface area contributed by atoms with Crippen molar-refractivity contribution in [2.45, 2.75) is 6.10 Å².